The zero-order chi connectivity index (χ0) is 17.2. The number of hydrogen-bond acceptors (Lipinski definition) is 5. The second-order valence-corrected chi connectivity index (χ2v) is 6.66. The molecule has 1 unspecified atom stereocenters. The maximum Gasteiger partial charge on any atom is 0.176 e. The van der Waals surface area contributed by atoms with Gasteiger partial charge in [-0.15, -0.1) is 0 Å². The van der Waals surface area contributed by atoms with Gasteiger partial charge < -0.3 is 4.74 Å². The minimum atomic E-state index is 0.410. The first kappa shape index (κ1) is 16.0. The van der Waals surface area contributed by atoms with E-state index in [1.165, 1.54) is 12.0 Å². The van der Waals surface area contributed by atoms with E-state index in [0.717, 1.165) is 48.7 Å². The molecule has 4 rings (SSSR count). The van der Waals surface area contributed by atoms with Crippen molar-refractivity contribution in [3.8, 4) is 5.75 Å². The van der Waals surface area contributed by atoms with E-state index >= 15 is 0 Å². The molecule has 3 aromatic rings. The van der Waals surface area contributed by atoms with E-state index in [1.807, 2.05) is 23.9 Å². The number of piperidine rings is 1. The van der Waals surface area contributed by atoms with Crippen molar-refractivity contribution < 1.29 is 4.74 Å². The second kappa shape index (κ2) is 6.80. The summed E-state index contributed by atoms with van der Waals surface area (Å²) in [6.45, 7) is 3.09. The van der Waals surface area contributed by atoms with E-state index in [9.17, 15) is 0 Å². The van der Waals surface area contributed by atoms with E-state index in [2.05, 4.69) is 27.0 Å². The van der Waals surface area contributed by atoms with Gasteiger partial charge >= 0.3 is 0 Å². The van der Waals surface area contributed by atoms with Crippen molar-refractivity contribution in [2.75, 3.05) is 20.2 Å². The lowest BCUT2D eigenvalue weighted by Gasteiger charge is -2.32. The number of likely N-dealkylation sites (tertiary alicyclic amines) is 1. The Balaban J connectivity index is 1.52. The summed E-state index contributed by atoms with van der Waals surface area (Å²) in [6, 6.07) is 8.34. The first-order valence-electron chi connectivity index (χ1n) is 8.73. The highest BCUT2D eigenvalue weighted by Gasteiger charge is 2.26. The van der Waals surface area contributed by atoms with Crippen molar-refractivity contribution in [1.82, 2.24) is 24.6 Å². The van der Waals surface area contributed by atoms with Crippen LogP contribution in [-0.2, 0) is 13.6 Å². The van der Waals surface area contributed by atoms with Crippen molar-refractivity contribution in [1.29, 1.82) is 0 Å². The van der Waals surface area contributed by atoms with Gasteiger partial charge in [-0.05, 0) is 37.1 Å². The van der Waals surface area contributed by atoms with Gasteiger partial charge in [0.1, 0.15) is 11.3 Å². The lowest BCUT2D eigenvalue weighted by Crippen LogP contribution is -2.34. The highest BCUT2D eigenvalue weighted by Crippen LogP contribution is 2.30. The fourth-order valence-corrected chi connectivity index (χ4v) is 3.69. The normalized spacial score (nSPS) is 18.6. The van der Waals surface area contributed by atoms with Crippen LogP contribution in [0.15, 0.2) is 36.7 Å². The third-order valence-electron chi connectivity index (χ3n) is 4.94. The van der Waals surface area contributed by atoms with Crippen LogP contribution < -0.4 is 4.74 Å². The molecule has 0 amide bonds. The van der Waals surface area contributed by atoms with Crippen LogP contribution in [0.5, 0.6) is 5.75 Å². The molecular weight excluding hydrogens is 314 g/mol. The molecule has 3 heterocycles. The number of methoxy groups -OCH3 is 1. The summed E-state index contributed by atoms with van der Waals surface area (Å²) >= 11 is 0. The van der Waals surface area contributed by atoms with Crippen molar-refractivity contribution >= 4 is 11.2 Å². The molecule has 6 heteroatoms. The third-order valence-corrected chi connectivity index (χ3v) is 4.94. The Labute approximate surface area is 147 Å². The highest BCUT2D eigenvalue weighted by molar-refractivity contribution is 5.73. The Bertz CT molecular complexity index is 858. The van der Waals surface area contributed by atoms with Gasteiger partial charge in [0.05, 0.1) is 12.8 Å². The fraction of sp³-hybridized carbons (Fsp3) is 0.421. The lowest BCUT2D eigenvalue weighted by atomic mass is 9.94. The molecule has 2 aromatic heterocycles. The molecule has 130 valence electrons. The molecule has 1 aliphatic heterocycles. The van der Waals surface area contributed by atoms with Gasteiger partial charge in [0.2, 0.25) is 0 Å². The number of hydrogen-bond donors (Lipinski definition) is 0. The van der Waals surface area contributed by atoms with E-state index in [0.29, 0.717) is 5.92 Å². The van der Waals surface area contributed by atoms with Gasteiger partial charge in [-0.2, -0.15) is 5.10 Å². The Kier molecular flexibility index (Phi) is 4.36. The number of benzene rings is 1. The van der Waals surface area contributed by atoms with E-state index in [1.54, 1.807) is 19.5 Å². The van der Waals surface area contributed by atoms with Crippen LogP contribution in [0.1, 0.15) is 30.0 Å². The molecule has 1 aromatic carbocycles. The van der Waals surface area contributed by atoms with Crippen LogP contribution in [-0.4, -0.2) is 44.8 Å². The molecule has 0 bridgehead atoms. The van der Waals surface area contributed by atoms with Crippen LogP contribution >= 0.6 is 0 Å². The quantitative estimate of drug-likeness (QED) is 0.733. The molecule has 1 fully saturated rings. The van der Waals surface area contributed by atoms with Gasteiger partial charge in [-0.1, -0.05) is 12.1 Å². The molecule has 0 radical (unpaired) electrons. The Morgan fingerprint density at radius 2 is 1.96 bits per heavy atom. The molecule has 6 nitrogen and oxygen atoms in total. The SMILES string of the molecule is COc1ccc(CN2CCCC(c3nn(C)c4nccnc34)C2)cc1. The maximum absolute atomic E-state index is 5.24. The highest BCUT2D eigenvalue weighted by atomic mass is 16.5. The maximum atomic E-state index is 5.24. The van der Waals surface area contributed by atoms with Crippen LogP contribution in [0.25, 0.3) is 11.2 Å². The van der Waals surface area contributed by atoms with Gasteiger partial charge in [0.25, 0.3) is 0 Å². The number of fused-ring (bicyclic) bond motifs is 1. The summed E-state index contributed by atoms with van der Waals surface area (Å²) < 4.78 is 7.09. The number of ether oxygens (including phenoxy) is 1. The fourth-order valence-electron chi connectivity index (χ4n) is 3.69. The topological polar surface area (TPSA) is 56.1 Å². The van der Waals surface area contributed by atoms with Gasteiger partial charge in [-0.25, -0.2) is 14.6 Å². The van der Waals surface area contributed by atoms with E-state index in [4.69, 9.17) is 9.84 Å². The summed E-state index contributed by atoms with van der Waals surface area (Å²) in [5.74, 6) is 1.31. The van der Waals surface area contributed by atoms with Gasteiger partial charge in [-0.3, -0.25) is 4.90 Å². The molecule has 0 saturated carbocycles. The molecule has 0 spiro atoms. The largest absolute Gasteiger partial charge is 0.497 e. The predicted molar refractivity (Wildman–Crippen MR) is 96.6 cm³/mol. The molecule has 1 atom stereocenters. The van der Waals surface area contributed by atoms with Crippen LogP contribution in [0.2, 0.25) is 0 Å². The molecule has 0 aliphatic carbocycles. The molecular formula is C19H23N5O. The zero-order valence-corrected chi connectivity index (χ0v) is 14.7. The van der Waals surface area contributed by atoms with Crippen LogP contribution in [0, 0.1) is 0 Å². The smallest absolute Gasteiger partial charge is 0.176 e. The molecule has 0 N–H and O–H groups in total. The average molecular weight is 337 g/mol. The monoisotopic (exact) mass is 337 g/mol. The summed E-state index contributed by atoms with van der Waals surface area (Å²) in [4.78, 5) is 11.4. The summed E-state index contributed by atoms with van der Waals surface area (Å²) in [7, 11) is 3.64. The second-order valence-electron chi connectivity index (χ2n) is 6.66. The Morgan fingerprint density at radius 1 is 1.16 bits per heavy atom. The lowest BCUT2D eigenvalue weighted by molar-refractivity contribution is 0.198. The van der Waals surface area contributed by atoms with Crippen molar-refractivity contribution in [3.05, 3.63) is 47.9 Å². The minimum absolute atomic E-state index is 0.410. The number of aromatic nitrogens is 4. The molecule has 1 saturated heterocycles. The standard InChI is InChI=1S/C19H23N5O/c1-23-19-18(20-9-10-21-19)17(22-23)15-4-3-11-24(13-15)12-14-5-7-16(25-2)8-6-14/h5-10,15H,3-4,11-13H2,1-2H3. The van der Waals surface area contributed by atoms with Crippen molar-refractivity contribution in [2.24, 2.45) is 7.05 Å². The van der Waals surface area contributed by atoms with Crippen molar-refractivity contribution in [3.63, 3.8) is 0 Å². The average Bonchev–Trinajstić information content (AvgIpc) is 3.00. The Morgan fingerprint density at radius 3 is 2.76 bits per heavy atom. The van der Waals surface area contributed by atoms with Crippen molar-refractivity contribution in [2.45, 2.75) is 25.3 Å². The first-order chi connectivity index (χ1) is 12.2. The van der Waals surface area contributed by atoms with E-state index < -0.39 is 0 Å². The van der Waals surface area contributed by atoms with E-state index in [-0.39, 0.29) is 0 Å². The summed E-state index contributed by atoms with van der Waals surface area (Å²) in [6.07, 6.45) is 5.82. The molecule has 1 aliphatic rings. The van der Waals surface area contributed by atoms with Crippen LogP contribution in [0.4, 0.5) is 0 Å². The summed E-state index contributed by atoms with van der Waals surface area (Å²) in [5.41, 5.74) is 4.21. The third kappa shape index (κ3) is 3.22. The van der Waals surface area contributed by atoms with Gasteiger partial charge in [0.15, 0.2) is 5.65 Å². The Hall–Kier alpha value is -2.47. The minimum Gasteiger partial charge on any atom is -0.497 e. The van der Waals surface area contributed by atoms with Crippen LogP contribution in [0.3, 0.4) is 0 Å². The zero-order valence-electron chi connectivity index (χ0n) is 14.7. The predicted octanol–water partition coefficient (Wildman–Crippen LogP) is 2.75. The first-order valence-corrected chi connectivity index (χ1v) is 8.73. The van der Waals surface area contributed by atoms with Gasteiger partial charge in [0, 0.05) is 38.4 Å². The number of nitrogens with zero attached hydrogens (tertiary/aromatic N) is 5. The number of rotatable bonds is 4. The summed E-state index contributed by atoms with van der Waals surface area (Å²) in [5, 5.41) is 4.73. The molecule has 25 heavy (non-hydrogen) atoms. The number of aryl methyl sites for hydroxylation is 1.